The van der Waals surface area contributed by atoms with E-state index in [9.17, 15) is 9.59 Å². The summed E-state index contributed by atoms with van der Waals surface area (Å²) in [6, 6.07) is 4.97. The van der Waals surface area contributed by atoms with Crippen molar-refractivity contribution >= 4 is 23.5 Å². The van der Waals surface area contributed by atoms with Crippen molar-refractivity contribution in [2.45, 2.75) is 26.4 Å². The molecule has 1 aromatic rings. The van der Waals surface area contributed by atoms with Gasteiger partial charge in [0.05, 0.1) is 0 Å². The zero-order valence-electron chi connectivity index (χ0n) is 11.6. The van der Waals surface area contributed by atoms with Crippen LogP contribution in [0.2, 0.25) is 5.02 Å². The Morgan fingerprint density at radius 3 is 3.00 bits per heavy atom. The standard InChI is InChI=1S/C14H18ClN3O2/c1-9-7-11(3-4-12(9)15)8-17-14(20)18-6-5-16-13(19)10(18)2/h3-4,7,10H,5-6,8H2,1-2H3,(H,16,19)(H,17,20)/t10-/m0/s1. The second kappa shape index (κ2) is 6.13. The van der Waals surface area contributed by atoms with Crippen molar-refractivity contribution in [3.8, 4) is 0 Å². The summed E-state index contributed by atoms with van der Waals surface area (Å²) in [5.74, 6) is -0.117. The van der Waals surface area contributed by atoms with Gasteiger partial charge in [0.25, 0.3) is 0 Å². The quantitative estimate of drug-likeness (QED) is 0.872. The first kappa shape index (κ1) is 14.7. The predicted octanol–water partition coefficient (Wildman–Crippen LogP) is 1.68. The molecule has 2 N–H and O–H groups in total. The maximum Gasteiger partial charge on any atom is 0.318 e. The van der Waals surface area contributed by atoms with E-state index in [1.54, 1.807) is 11.8 Å². The molecular weight excluding hydrogens is 278 g/mol. The van der Waals surface area contributed by atoms with Crippen LogP contribution in [0.15, 0.2) is 18.2 Å². The molecule has 1 aliphatic heterocycles. The molecule has 0 saturated carbocycles. The Morgan fingerprint density at radius 1 is 1.55 bits per heavy atom. The number of benzene rings is 1. The zero-order valence-corrected chi connectivity index (χ0v) is 12.3. The van der Waals surface area contributed by atoms with Gasteiger partial charge in [-0.05, 0) is 31.0 Å². The molecule has 1 saturated heterocycles. The molecule has 1 heterocycles. The molecule has 20 heavy (non-hydrogen) atoms. The molecular formula is C14H18ClN3O2. The number of carbonyl (C=O) groups is 2. The van der Waals surface area contributed by atoms with Gasteiger partial charge in [0, 0.05) is 24.7 Å². The van der Waals surface area contributed by atoms with Gasteiger partial charge in [-0.25, -0.2) is 4.79 Å². The molecule has 0 radical (unpaired) electrons. The third-order valence-electron chi connectivity index (χ3n) is 3.43. The number of urea groups is 1. The number of nitrogens with one attached hydrogen (secondary N) is 2. The number of piperazine rings is 1. The van der Waals surface area contributed by atoms with Gasteiger partial charge < -0.3 is 15.5 Å². The minimum absolute atomic E-state index is 0.117. The van der Waals surface area contributed by atoms with Crippen molar-refractivity contribution in [3.63, 3.8) is 0 Å². The number of carbonyl (C=O) groups excluding carboxylic acids is 2. The number of nitrogens with zero attached hydrogens (tertiary/aromatic N) is 1. The topological polar surface area (TPSA) is 61.4 Å². The third kappa shape index (κ3) is 3.22. The lowest BCUT2D eigenvalue weighted by molar-refractivity contribution is -0.126. The largest absolute Gasteiger partial charge is 0.353 e. The molecule has 6 heteroatoms. The molecule has 1 aromatic carbocycles. The molecule has 1 aliphatic rings. The summed E-state index contributed by atoms with van der Waals surface area (Å²) >= 11 is 5.96. The summed E-state index contributed by atoms with van der Waals surface area (Å²) in [7, 11) is 0. The van der Waals surface area contributed by atoms with Gasteiger partial charge >= 0.3 is 6.03 Å². The lowest BCUT2D eigenvalue weighted by Crippen LogP contribution is -2.58. The van der Waals surface area contributed by atoms with E-state index < -0.39 is 6.04 Å². The Kier molecular flexibility index (Phi) is 4.49. The van der Waals surface area contributed by atoms with Crippen LogP contribution in [-0.4, -0.2) is 36.0 Å². The number of rotatable bonds is 2. The van der Waals surface area contributed by atoms with Crippen molar-refractivity contribution in [1.29, 1.82) is 0 Å². The van der Waals surface area contributed by atoms with Crippen LogP contribution in [0.3, 0.4) is 0 Å². The molecule has 108 valence electrons. The molecule has 0 unspecified atom stereocenters. The molecule has 3 amide bonds. The van der Waals surface area contributed by atoms with E-state index in [-0.39, 0.29) is 11.9 Å². The van der Waals surface area contributed by atoms with E-state index in [0.29, 0.717) is 24.7 Å². The molecule has 0 aliphatic carbocycles. The van der Waals surface area contributed by atoms with Crippen LogP contribution in [0.25, 0.3) is 0 Å². The predicted molar refractivity (Wildman–Crippen MR) is 77.6 cm³/mol. The van der Waals surface area contributed by atoms with E-state index >= 15 is 0 Å². The minimum Gasteiger partial charge on any atom is -0.353 e. The Morgan fingerprint density at radius 2 is 2.30 bits per heavy atom. The maximum absolute atomic E-state index is 12.1. The van der Waals surface area contributed by atoms with Gasteiger partial charge in [0.15, 0.2) is 0 Å². The van der Waals surface area contributed by atoms with Gasteiger partial charge in [-0.3, -0.25) is 4.79 Å². The van der Waals surface area contributed by atoms with Gasteiger partial charge in [0.2, 0.25) is 5.91 Å². The van der Waals surface area contributed by atoms with Crippen LogP contribution in [0.1, 0.15) is 18.1 Å². The molecule has 0 spiro atoms. The van der Waals surface area contributed by atoms with Crippen molar-refractivity contribution in [2.24, 2.45) is 0 Å². The lowest BCUT2D eigenvalue weighted by Gasteiger charge is -2.32. The number of amides is 3. The Bertz CT molecular complexity index is 533. The summed E-state index contributed by atoms with van der Waals surface area (Å²) in [6.45, 7) is 5.09. The highest BCUT2D eigenvalue weighted by molar-refractivity contribution is 6.31. The van der Waals surface area contributed by atoms with Crippen LogP contribution >= 0.6 is 11.6 Å². The fraction of sp³-hybridized carbons (Fsp3) is 0.429. The average molecular weight is 296 g/mol. The van der Waals surface area contributed by atoms with E-state index in [1.807, 2.05) is 25.1 Å². The smallest absolute Gasteiger partial charge is 0.318 e. The minimum atomic E-state index is -0.435. The van der Waals surface area contributed by atoms with E-state index in [1.165, 1.54) is 0 Å². The maximum atomic E-state index is 12.1. The normalized spacial score (nSPS) is 18.6. The summed E-state index contributed by atoms with van der Waals surface area (Å²) < 4.78 is 0. The fourth-order valence-corrected chi connectivity index (χ4v) is 2.27. The molecule has 5 nitrogen and oxygen atoms in total. The molecule has 0 aromatic heterocycles. The van der Waals surface area contributed by atoms with Crippen molar-refractivity contribution in [1.82, 2.24) is 15.5 Å². The van der Waals surface area contributed by atoms with Crippen molar-refractivity contribution < 1.29 is 9.59 Å². The van der Waals surface area contributed by atoms with E-state index in [2.05, 4.69) is 10.6 Å². The summed E-state index contributed by atoms with van der Waals surface area (Å²) in [5, 5.41) is 6.27. The highest BCUT2D eigenvalue weighted by atomic mass is 35.5. The average Bonchev–Trinajstić information content (AvgIpc) is 2.43. The van der Waals surface area contributed by atoms with Crippen LogP contribution < -0.4 is 10.6 Å². The molecule has 1 fully saturated rings. The number of aryl methyl sites for hydroxylation is 1. The van der Waals surface area contributed by atoms with Gasteiger partial charge in [0.1, 0.15) is 6.04 Å². The summed E-state index contributed by atoms with van der Waals surface area (Å²) in [4.78, 5) is 25.1. The fourth-order valence-electron chi connectivity index (χ4n) is 2.16. The van der Waals surface area contributed by atoms with E-state index in [0.717, 1.165) is 11.1 Å². The van der Waals surface area contributed by atoms with Gasteiger partial charge in [-0.2, -0.15) is 0 Å². The van der Waals surface area contributed by atoms with E-state index in [4.69, 9.17) is 11.6 Å². The van der Waals surface area contributed by atoms with Crippen LogP contribution in [0, 0.1) is 6.92 Å². The monoisotopic (exact) mass is 295 g/mol. The number of halogens is 1. The van der Waals surface area contributed by atoms with Crippen LogP contribution in [0.4, 0.5) is 4.79 Å². The molecule has 0 bridgehead atoms. The van der Waals surface area contributed by atoms with Crippen molar-refractivity contribution in [2.75, 3.05) is 13.1 Å². The first-order valence-corrected chi connectivity index (χ1v) is 6.94. The second-order valence-corrected chi connectivity index (χ2v) is 5.31. The third-order valence-corrected chi connectivity index (χ3v) is 3.85. The second-order valence-electron chi connectivity index (χ2n) is 4.90. The first-order chi connectivity index (χ1) is 9.49. The highest BCUT2D eigenvalue weighted by Gasteiger charge is 2.28. The first-order valence-electron chi connectivity index (χ1n) is 6.56. The SMILES string of the molecule is Cc1cc(CNC(=O)N2CCNC(=O)[C@@H]2C)ccc1Cl. The molecule has 2 rings (SSSR count). The summed E-state index contributed by atoms with van der Waals surface area (Å²) in [6.07, 6.45) is 0. The van der Waals surface area contributed by atoms with Gasteiger partial charge in [-0.1, -0.05) is 23.7 Å². The number of hydrogen-bond acceptors (Lipinski definition) is 2. The Labute approximate surface area is 123 Å². The number of hydrogen-bond donors (Lipinski definition) is 2. The Hall–Kier alpha value is -1.75. The van der Waals surface area contributed by atoms with Gasteiger partial charge in [-0.15, -0.1) is 0 Å². The highest BCUT2D eigenvalue weighted by Crippen LogP contribution is 2.16. The zero-order chi connectivity index (χ0) is 14.7. The lowest BCUT2D eigenvalue weighted by atomic mass is 10.1. The molecule has 1 atom stereocenters. The van der Waals surface area contributed by atoms with Crippen molar-refractivity contribution in [3.05, 3.63) is 34.3 Å². The summed E-state index contributed by atoms with van der Waals surface area (Å²) in [5.41, 5.74) is 1.96. The van der Waals surface area contributed by atoms with Crippen LogP contribution in [-0.2, 0) is 11.3 Å². The Balaban J connectivity index is 1.94. The van der Waals surface area contributed by atoms with Crippen LogP contribution in [0.5, 0.6) is 0 Å².